The molecule has 1 aliphatic rings. The van der Waals surface area contributed by atoms with Gasteiger partial charge in [0.1, 0.15) is 24.4 Å². The largest absolute Gasteiger partial charge is 0.459 e. The van der Waals surface area contributed by atoms with E-state index < -0.39 is 33.5 Å². The highest BCUT2D eigenvalue weighted by Gasteiger charge is 2.33. The number of aromatic nitrogens is 1. The molecule has 0 spiro atoms. The molecule has 0 saturated carbocycles. The van der Waals surface area contributed by atoms with Gasteiger partial charge in [-0.2, -0.15) is 4.31 Å². The second-order valence-corrected chi connectivity index (χ2v) is 9.45. The average Bonchev–Trinajstić information content (AvgIpc) is 3.29. The van der Waals surface area contributed by atoms with Gasteiger partial charge in [-0.15, -0.1) is 0 Å². The van der Waals surface area contributed by atoms with Crippen molar-refractivity contribution < 1.29 is 35.5 Å². The molecule has 1 aromatic heterocycles. The Bertz CT molecular complexity index is 1250. The fourth-order valence-corrected chi connectivity index (χ4v) is 4.96. The molecule has 33 heavy (non-hydrogen) atoms. The fraction of sp³-hybridized carbons (Fsp3) is 0.273. The molecule has 174 valence electrons. The quantitative estimate of drug-likeness (QED) is 0.497. The summed E-state index contributed by atoms with van der Waals surface area (Å²) in [6.07, 6.45) is 1.78. The molecule has 2 heterocycles. The molecular weight excluding hydrogens is 461 g/mol. The van der Waals surface area contributed by atoms with E-state index in [4.69, 9.17) is 9.15 Å². The average molecular weight is 480 g/mol. The van der Waals surface area contributed by atoms with Crippen LogP contribution in [0.4, 0.5) is 13.2 Å². The molecule has 3 aromatic rings. The number of piperidine rings is 1. The first kappa shape index (κ1) is 23.0. The van der Waals surface area contributed by atoms with Crippen LogP contribution >= 0.6 is 0 Å². The van der Waals surface area contributed by atoms with Crippen molar-refractivity contribution in [1.82, 2.24) is 9.29 Å². The van der Waals surface area contributed by atoms with Crippen molar-refractivity contribution in [3.63, 3.8) is 0 Å². The van der Waals surface area contributed by atoms with Crippen LogP contribution in [0.5, 0.6) is 0 Å². The molecule has 2 aromatic carbocycles. The van der Waals surface area contributed by atoms with Gasteiger partial charge in [-0.3, -0.25) is 4.79 Å². The van der Waals surface area contributed by atoms with Crippen LogP contribution in [0.1, 0.15) is 18.5 Å². The zero-order chi connectivity index (χ0) is 23.6. The third-order valence-electron chi connectivity index (χ3n) is 5.32. The number of hydrogen-bond acceptors (Lipinski definition) is 6. The van der Waals surface area contributed by atoms with Crippen LogP contribution in [-0.4, -0.2) is 36.8 Å². The molecule has 1 fully saturated rings. The van der Waals surface area contributed by atoms with Crippen LogP contribution < -0.4 is 0 Å². The van der Waals surface area contributed by atoms with E-state index in [1.165, 1.54) is 30.5 Å². The summed E-state index contributed by atoms with van der Waals surface area (Å²) in [6, 6.07) is 7.99. The van der Waals surface area contributed by atoms with E-state index in [1.807, 2.05) is 0 Å². The van der Waals surface area contributed by atoms with Crippen molar-refractivity contribution in [2.24, 2.45) is 5.92 Å². The summed E-state index contributed by atoms with van der Waals surface area (Å²) in [4.78, 5) is 16.3. The molecule has 11 heteroatoms. The fourth-order valence-electron chi connectivity index (χ4n) is 3.48. The maximum absolute atomic E-state index is 13.4. The molecule has 1 aliphatic heterocycles. The van der Waals surface area contributed by atoms with Gasteiger partial charge in [0.15, 0.2) is 11.6 Å². The van der Waals surface area contributed by atoms with Crippen molar-refractivity contribution >= 4 is 16.0 Å². The lowest BCUT2D eigenvalue weighted by atomic mass is 9.98. The van der Waals surface area contributed by atoms with Crippen LogP contribution in [0.25, 0.3) is 11.5 Å². The van der Waals surface area contributed by atoms with E-state index in [1.54, 1.807) is 0 Å². The zero-order valence-electron chi connectivity index (χ0n) is 17.2. The Hall–Kier alpha value is -3.18. The highest BCUT2D eigenvalue weighted by molar-refractivity contribution is 7.89. The summed E-state index contributed by atoms with van der Waals surface area (Å²) in [5, 5.41) is 0. The van der Waals surface area contributed by atoms with Gasteiger partial charge in [-0.1, -0.05) is 0 Å². The summed E-state index contributed by atoms with van der Waals surface area (Å²) < 4.78 is 76.6. The third-order valence-corrected chi connectivity index (χ3v) is 7.22. The number of oxazole rings is 1. The van der Waals surface area contributed by atoms with Crippen LogP contribution in [0.15, 0.2) is 58.0 Å². The zero-order valence-corrected chi connectivity index (χ0v) is 18.0. The Balaban J connectivity index is 1.31. The summed E-state index contributed by atoms with van der Waals surface area (Å²) in [6.45, 7) is -0.0452. The number of ether oxygens (including phenoxy) is 1. The number of esters is 1. The molecule has 0 unspecified atom stereocenters. The van der Waals surface area contributed by atoms with Gasteiger partial charge in [0.2, 0.25) is 15.9 Å². The Labute approximate surface area is 187 Å². The lowest BCUT2D eigenvalue weighted by Crippen LogP contribution is -2.40. The molecule has 0 aliphatic carbocycles. The Morgan fingerprint density at radius 2 is 1.76 bits per heavy atom. The van der Waals surface area contributed by atoms with Gasteiger partial charge in [-0.05, 0) is 55.3 Å². The molecule has 0 bridgehead atoms. The standard InChI is InChI=1S/C22H19F3N2O5S/c23-16-3-1-14(2-4-16)21-26-17(12-31-21)13-32-22(28)15-7-9-27(10-8-15)33(29,30)18-5-6-19(24)20(25)11-18/h1-6,11-12,15H,7-10,13H2. The summed E-state index contributed by atoms with van der Waals surface area (Å²) in [5.74, 6) is -3.51. The summed E-state index contributed by atoms with van der Waals surface area (Å²) in [7, 11) is -4.00. The number of rotatable bonds is 6. The van der Waals surface area contributed by atoms with Crippen molar-refractivity contribution in [1.29, 1.82) is 0 Å². The highest BCUT2D eigenvalue weighted by atomic mass is 32.2. The van der Waals surface area contributed by atoms with Gasteiger partial charge >= 0.3 is 5.97 Å². The summed E-state index contributed by atoms with van der Waals surface area (Å²) >= 11 is 0. The molecule has 0 radical (unpaired) electrons. The van der Waals surface area contributed by atoms with Crippen LogP contribution in [0.3, 0.4) is 0 Å². The van der Waals surface area contributed by atoms with E-state index in [9.17, 15) is 26.4 Å². The number of carbonyl (C=O) groups is 1. The Morgan fingerprint density at radius 3 is 2.42 bits per heavy atom. The minimum Gasteiger partial charge on any atom is -0.459 e. The van der Waals surface area contributed by atoms with Crippen LogP contribution in [-0.2, 0) is 26.2 Å². The predicted octanol–water partition coefficient (Wildman–Crippen LogP) is 3.90. The number of halogens is 3. The molecule has 0 N–H and O–H groups in total. The third kappa shape index (κ3) is 5.09. The van der Waals surface area contributed by atoms with Gasteiger partial charge < -0.3 is 9.15 Å². The van der Waals surface area contributed by atoms with Crippen molar-refractivity contribution in [3.05, 3.63) is 71.9 Å². The number of nitrogens with zero attached hydrogens (tertiary/aromatic N) is 2. The van der Waals surface area contributed by atoms with E-state index in [0.29, 0.717) is 17.3 Å². The molecular formula is C22H19F3N2O5S. The predicted molar refractivity (Wildman–Crippen MR) is 110 cm³/mol. The normalized spacial score (nSPS) is 15.5. The van der Waals surface area contributed by atoms with Gasteiger partial charge in [0.25, 0.3) is 0 Å². The topological polar surface area (TPSA) is 89.7 Å². The monoisotopic (exact) mass is 480 g/mol. The minimum atomic E-state index is -4.00. The van der Waals surface area contributed by atoms with Crippen LogP contribution in [0, 0.1) is 23.4 Å². The molecule has 0 amide bonds. The minimum absolute atomic E-state index is 0.0414. The van der Waals surface area contributed by atoms with Gasteiger partial charge in [0.05, 0.1) is 10.8 Å². The summed E-state index contributed by atoms with van der Waals surface area (Å²) in [5.41, 5.74) is 0.949. The van der Waals surface area contributed by atoms with Crippen molar-refractivity contribution in [2.75, 3.05) is 13.1 Å². The maximum Gasteiger partial charge on any atom is 0.309 e. The van der Waals surface area contributed by atoms with Gasteiger partial charge in [-0.25, -0.2) is 26.6 Å². The number of carbonyl (C=O) groups excluding carboxylic acids is 1. The van der Waals surface area contributed by atoms with Gasteiger partial charge in [0, 0.05) is 18.7 Å². The molecule has 1 saturated heterocycles. The molecule has 7 nitrogen and oxygen atoms in total. The van der Waals surface area contributed by atoms with E-state index in [2.05, 4.69) is 4.98 Å². The lowest BCUT2D eigenvalue weighted by Gasteiger charge is -2.30. The molecule has 4 rings (SSSR count). The van der Waals surface area contributed by atoms with E-state index in [0.717, 1.165) is 16.4 Å². The first-order valence-corrected chi connectivity index (χ1v) is 11.5. The lowest BCUT2D eigenvalue weighted by molar-refractivity contribution is -0.151. The number of hydrogen-bond donors (Lipinski definition) is 0. The SMILES string of the molecule is O=C(OCc1coc(-c2ccc(F)cc2)n1)C1CCN(S(=O)(=O)c2ccc(F)c(F)c2)CC1. The highest BCUT2D eigenvalue weighted by Crippen LogP contribution is 2.26. The Kier molecular flexibility index (Phi) is 6.52. The van der Waals surface area contributed by atoms with Crippen molar-refractivity contribution in [3.8, 4) is 11.5 Å². The first-order chi connectivity index (χ1) is 15.7. The second kappa shape index (κ2) is 9.36. The Morgan fingerprint density at radius 1 is 1.06 bits per heavy atom. The number of sulfonamides is 1. The second-order valence-electron chi connectivity index (χ2n) is 7.51. The smallest absolute Gasteiger partial charge is 0.309 e. The van der Waals surface area contributed by atoms with E-state index >= 15 is 0 Å². The maximum atomic E-state index is 13.4. The van der Waals surface area contributed by atoms with E-state index in [-0.39, 0.29) is 49.1 Å². The number of benzene rings is 2. The molecule has 0 atom stereocenters. The first-order valence-electron chi connectivity index (χ1n) is 10.1. The van der Waals surface area contributed by atoms with Crippen LogP contribution in [0.2, 0.25) is 0 Å². The van der Waals surface area contributed by atoms with Crippen molar-refractivity contribution in [2.45, 2.75) is 24.3 Å².